The second-order valence-corrected chi connectivity index (χ2v) is 7.48. The predicted molar refractivity (Wildman–Crippen MR) is 88.9 cm³/mol. The predicted octanol–water partition coefficient (Wildman–Crippen LogP) is 5.93. The zero-order valence-electron chi connectivity index (χ0n) is 13.0. The van der Waals surface area contributed by atoms with Crippen LogP contribution in [-0.2, 0) is 5.16 Å². The first-order chi connectivity index (χ1) is 8.33. The molecule has 1 unspecified atom stereocenters. The van der Waals surface area contributed by atoms with E-state index >= 15 is 0 Å². The number of hydrogen-bond donors (Lipinski definition) is 0. The first-order valence-electron chi connectivity index (χ1n) is 6.75. The van der Waals surface area contributed by atoms with Gasteiger partial charge in [0.2, 0.25) is 0 Å². The molecule has 1 rings (SSSR count). The second-order valence-electron chi connectivity index (χ2n) is 5.73. The van der Waals surface area contributed by atoms with E-state index in [2.05, 4.69) is 77.7 Å². The van der Waals surface area contributed by atoms with Crippen LogP contribution in [0.1, 0.15) is 52.7 Å². The van der Waals surface area contributed by atoms with Crippen LogP contribution in [0.2, 0.25) is 0 Å². The summed E-state index contributed by atoms with van der Waals surface area (Å²) in [7, 11) is 0.942. The van der Waals surface area contributed by atoms with Crippen LogP contribution >= 0.6 is 8.58 Å². The van der Waals surface area contributed by atoms with Crippen LogP contribution in [0.4, 0.5) is 0 Å². The van der Waals surface area contributed by atoms with Crippen molar-refractivity contribution >= 4 is 14.7 Å². The Bertz CT molecular complexity index is 342. The normalized spacial score (nSPS) is 12.2. The van der Waals surface area contributed by atoms with E-state index in [-0.39, 0.29) is 0 Å². The van der Waals surface area contributed by atoms with Crippen molar-refractivity contribution in [3.05, 3.63) is 41.5 Å². The third-order valence-corrected chi connectivity index (χ3v) is 4.16. The minimum atomic E-state index is 0.328. The van der Waals surface area contributed by atoms with Crippen LogP contribution in [0.5, 0.6) is 0 Å². The molecule has 0 amide bonds. The van der Waals surface area contributed by atoms with Crippen molar-refractivity contribution in [3.63, 3.8) is 0 Å². The number of hydrogen-bond acceptors (Lipinski definition) is 0. The van der Waals surface area contributed by atoms with Gasteiger partial charge < -0.3 is 0 Å². The Balaban J connectivity index is 0.000000631. The van der Waals surface area contributed by atoms with Gasteiger partial charge in [-0.3, -0.25) is 0 Å². The first-order valence-corrected chi connectivity index (χ1v) is 8.25. The van der Waals surface area contributed by atoms with E-state index in [9.17, 15) is 0 Å². The maximum absolute atomic E-state index is 2.30. The molecule has 0 aromatic heterocycles. The van der Waals surface area contributed by atoms with Gasteiger partial charge in [-0.1, -0.05) is 71.0 Å². The van der Waals surface area contributed by atoms with Gasteiger partial charge in [-0.2, -0.15) is 0 Å². The fourth-order valence-electron chi connectivity index (χ4n) is 1.35. The summed E-state index contributed by atoms with van der Waals surface area (Å²) in [6.07, 6.45) is 4.20. The van der Waals surface area contributed by atoms with Gasteiger partial charge in [0, 0.05) is 5.16 Å². The highest BCUT2D eigenvalue weighted by atomic mass is 31.1. The highest BCUT2D eigenvalue weighted by molar-refractivity contribution is 7.38. The molecule has 0 spiro atoms. The molecule has 0 aliphatic heterocycles. The lowest BCUT2D eigenvalue weighted by Gasteiger charge is -2.23. The van der Waals surface area contributed by atoms with Crippen LogP contribution in [0.25, 0.3) is 6.08 Å². The van der Waals surface area contributed by atoms with Crippen molar-refractivity contribution in [1.29, 1.82) is 0 Å². The molecular weight excluding hydrogens is 235 g/mol. The average molecular weight is 264 g/mol. The summed E-state index contributed by atoms with van der Waals surface area (Å²) in [5.74, 6) is 0.833. The van der Waals surface area contributed by atoms with Crippen LogP contribution in [-0.4, -0.2) is 6.66 Å². The number of rotatable bonds is 3. The average Bonchev–Trinajstić information content (AvgIpc) is 2.29. The molecule has 0 saturated carbocycles. The van der Waals surface area contributed by atoms with Crippen LogP contribution in [0, 0.1) is 5.92 Å². The largest absolute Gasteiger partial charge is 0.115 e. The summed E-state index contributed by atoms with van der Waals surface area (Å²) in [6.45, 7) is 15.4. The fraction of sp³-hybridized carbons (Fsp3) is 0.529. The Hall–Kier alpha value is -0.610. The Kier molecular flexibility index (Phi) is 8.20. The zero-order valence-corrected chi connectivity index (χ0v) is 14.0. The van der Waals surface area contributed by atoms with Crippen LogP contribution in [0.15, 0.2) is 30.3 Å². The van der Waals surface area contributed by atoms with Crippen molar-refractivity contribution in [2.24, 2.45) is 5.92 Å². The Morgan fingerprint density at radius 3 is 1.83 bits per heavy atom. The molecule has 0 N–H and O–H groups in total. The van der Waals surface area contributed by atoms with E-state index < -0.39 is 0 Å². The maximum atomic E-state index is 2.30. The zero-order chi connectivity index (χ0) is 14.2. The molecule has 1 atom stereocenters. The molecule has 0 nitrogen and oxygen atoms in total. The summed E-state index contributed by atoms with van der Waals surface area (Å²) in [6, 6.07) is 8.87. The minimum Gasteiger partial charge on any atom is -0.115 e. The third-order valence-electron chi connectivity index (χ3n) is 2.62. The van der Waals surface area contributed by atoms with Gasteiger partial charge in [-0.25, -0.2) is 0 Å². The van der Waals surface area contributed by atoms with Gasteiger partial charge in [0.1, 0.15) is 0 Å². The standard InChI is InChI=1S/C13H19P.C4H10/c1-5-6-11-7-9-12(10-8-11)13(2,3)14-4;1-4(2)3/h5-10,14H,1-4H3;4H,1-3H3/b6-5+;. The maximum Gasteiger partial charge on any atom is 0.00672 e. The molecule has 1 aromatic carbocycles. The van der Waals surface area contributed by atoms with E-state index in [1.54, 1.807) is 0 Å². The summed E-state index contributed by atoms with van der Waals surface area (Å²) in [5, 5.41) is 0.328. The van der Waals surface area contributed by atoms with Gasteiger partial charge in [-0.05, 0) is 30.6 Å². The lowest BCUT2D eigenvalue weighted by molar-refractivity contribution is 0.737. The molecule has 0 bridgehead atoms. The van der Waals surface area contributed by atoms with Crippen LogP contribution < -0.4 is 0 Å². The minimum absolute atomic E-state index is 0.328. The van der Waals surface area contributed by atoms with E-state index in [4.69, 9.17) is 0 Å². The van der Waals surface area contributed by atoms with E-state index in [0.29, 0.717) is 5.16 Å². The summed E-state index contributed by atoms with van der Waals surface area (Å²) < 4.78 is 0. The molecule has 1 aromatic rings. The molecule has 0 heterocycles. The molecule has 0 aliphatic rings. The highest BCUT2D eigenvalue weighted by Gasteiger charge is 2.16. The van der Waals surface area contributed by atoms with E-state index in [1.165, 1.54) is 11.1 Å². The van der Waals surface area contributed by atoms with E-state index in [0.717, 1.165) is 14.5 Å². The van der Waals surface area contributed by atoms with E-state index in [1.807, 2.05) is 6.92 Å². The van der Waals surface area contributed by atoms with Crippen molar-refractivity contribution in [2.45, 2.75) is 46.7 Å². The van der Waals surface area contributed by atoms with Crippen molar-refractivity contribution < 1.29 is 0 Å². The second kappa shape index (κ2) is 8.48. The topological polar surface area (TPSA) is 0 Å². The van der Waals surface area contributed by atoms with Gasteiger partial charge in [0.15, 0.2) is 0 Å². The smallest absolute Gasteiger partial charge is 0.00672 e. The monoisotopic (exact) mass is 264 g/mol. The molecule has 0 fully saturated rings. The summed E-state index contributed by atoms with van der Waals surface area (Å²) in [4.78, 5) is 0. The highest BCUT2D eigenvalue weighted by Crippen LogP contribution is 2.38. The molecule has 102 valence electrons. The Morgan fingerprint density at radius 2 is 1.50 bits per heavy atom. The molecule has 18 heavy (non-hydrogen) atoms. The summed E-state index contributed by atoms with van der Waals surface area (Å²) >= 11 is 0. The summed E-state index contributed by atoms with van der Waals surface area (Å²) in [5.41, 5.74) is 2.72. The molecule has 1 heteroatoms. The molecular formula is C17H29P. The Morgan fingerprint density at radius 1 is 1.06 bits per heavy atom. The van der Waals surface area contributed by atoms with Crippen molar-refractivity contribution in [3.8, 4) is 0 Å². The van der Waals surface area contributed by atoms with Crippen molar-refractivity contribution in [1.82, 2.24) is 0 Å². The van der Waals surface area contributed by atoms with Gasteiger partial charge >= 0.3 is 0 Å². The van der Waals surface area contributed by atoms with Gasteiger partial charge in [0.05, 0.1) is 0 Å². The fourth-order valence-corrected chi connectivity index (χ4v) is 1.80. The molecule has 0 aliphatic carbocycles. The first kappa shape index (κ1) is 17.4. The molecule has 0 radical (unpaired) electrons. The molecule has 0 saturated heterocycles. The lowest BCUT2D eigenvalue weighted by Crippen LogP contribution is -2.08. The number of allylic oxidation sites excluding steroid dienone is 1. The SMILES string of the molecule is C/C=C/c1ccc(C(C)(C)PC)cc1.CC(C)C. The van der Waals surface area contributed by atoms with Crippen LogP contribution in [0.3, 0.4) is 0 Å². The number of benzene rings is 1. The third kappa shape index (κ3) is 6.97. The van der Waals surface area contributed by atoms with Crippen molar-refractivity contribution in [2.75, 3.05) is 6.66 Å². The van der Waals surface area contributed by atoms with Gasteiger partial charge in [-0.15, -0.1) is 8.58 Å². The van der Waals surface area contributed by atoms with Gasteiger partial charge in [0.25, 0.3) is 0 Å². The lowest BCUT2D eigenvalue weighted by atomic mass is 10.0. The quantitative estimate of drug-likeness (QED) is 0.594. The Labute approximate surface area is 116 Å².